The van der Waals surface area contributed by atoms with E-state index in [1.54, 1.807) is 5.06 Å². The Morgan fingerprint density at radius 1 is 1.23 bits per heavy atom. The van der Waals surface area contributed by atoms with Gasteiger partial charge in [0, 0.05) is 17.7 Å². The topological polar surface area (TPSA) is 42.0 Å². The first-order chi connectivity index (χ1) is 12.5. The van der Waals surface area contributed by atoms with Gasteiger partial charge in [-0.15, -0.1) is 0 Å². The number of carbonyl (C=O) groups excluding carboxylic acids is 1. The summed E-state index contributed by atoms with van der Waals surface area (Å²) in [6.07, 6.45) is 1.88. The quantitative estimate of drug-likeness (QED) is 0.827. The fourth-order valence-electron chi connectivity index (χ4n) is 3.43. The lowest BCUT2D eigenvalue weighted by atomic mass is 10.0. The number of para-hydroxylation sites is 1. The molecule has 5 nitrogen and oxygen atoms in total. The number of rotatable bonds is 5. The van der Waals surface area contributed by atoms with Gasteiger partial charge in [0.05, 0.1) is 0 Å². The Hall–Kier alpha value is -2.53. The van der Waals surface area contributed by atoms with E-state index in [0.29, 0.717) is 17.9 Å². The minimum Gasteiger partial charge on any atom is -0.492 e. The molecule has 0 saturated heterocycles. The molecule has 2 aromatic rings. The highest BCUT2D eigenvalue weighted by atomic mass is 16.7. The van der Waals surface area contributed by atoms with Crippen molar-refractivity contribution in [1.82, 2.24) is 9.96 Å². The second-order valence-corrected chi connectivity index (χ2v) is 7.35. The van der Waals surface area contributed by atoms with Crippen LogP contribution in [0.5, 0.6) is 11.5 Å². The normalized spacial score (nSPS) is 16.5. The molecule has 1 heterocycles. The predicted molar refractivity (Wildman–Crippen MR) is 99.4 cm³/mol. The molecular formula is C21H24N2O3. The van der Waals surface area contributed by atoms with Crippen molar-refractivity contribution < 1.29 is 14.4 Å². The van der Waals surface area contributed by atoms with Crippen molar-refractivity contribution in [3.8, 4) is 11.5 Å². The molecule has 4 rings (SSSR count). The maximum atomic E-state index is 13.3. The second-order valence-electron chi connectivity index (χ2n) is 7.35. The van der Waals surface area contributed by atoms with E-state index in [1.165, 1.54) is 0 Å². The summed E-state index contributed by atoms with van der Waals surface area (Å²) in [6.45, 7) is 3.35. The number of benzene rings is 2. The smallest absolute Gasteiger partial charge is 0.287 e. The van der Waals surface area contributed by atoms with Gasteiger partial charge in [-0.1, -0.05) is 24.3 Å². The van der Waals surface area contributed by atoms with Crippen LogP contribution in [-0.2, 0) is 5.54 Å². The molecule has 1 amide bonds. The monoisotopic (exact) mass is 352 g/mol. The molecule has 0 radical (unpaired) electrons. The summed E-state index contributed by atoms with van der Waals surface area (Å²) in [4.78, 5) is 21.3. The highest BCUT2D eigenvalue weighted by Gasteiger charge is 2.59. The van der Waals surface area contributed by atoms with Crippen LogP contribution in [0.1, 0.15) is 34.3 Å². The van der Waals surface area contributed by atoms with E-state index in [0.717, 1.165) is 36.3 Å². The molecule has 1 aliphatic heterocycles. The Balaban J connectivity index is 1.57. The molecule has 0 bridgehead atoms. The summed E-state index contributed by atoms with van der Waals surface area (Å²) in [7, 11) is 4.01. The van der Waals surface area contributed by atoms with Gasteiger partial charge in [0.15, 0.2) is 5.75 Å². The average molecular weight is 352 g/mol. The van der Waals surface area contributed by atoms with Gasteiger partial charge in [-0.25, -0.2) is 0 Å². The van der Waals surface area contributed by atoms with Gasteiger partial charge in [0.2, 0.25) is 0 Å². The molecular weight excluding hydrogens is 328 g/mol. The van der Waals surface area contributed by atoms with E-state index in [2.05, 4.69) is 11.0 Å². The summed E-state index contributed by atoms with van der Waals surface area (Å²) in [5, 5.41) is 1.57. The average Bonchev–Trinajstić information content (AvgIpc) is 3.34. The standard InChI is InChI=1S/C21H24N2O3/c1-15-8-9-16(25-13-12-22(2)3)14-17(15)20(24)23-21(10-11-21)18-6-4-5-7-19(18)26-23/h4-9,14H,10-13H2,1-3H3. The zero-order valence-electron chi connectivity index (χ0n) is 15.5. The van der Waals surface area contributed by atoms with Crippen LogP contribution < -0.4 is 9.57 Å². The van der Waals surface area contributed by atoms with Gasteiger partial charge in [0.1, 0.15) is 17.9 Å². The lowest BCUT2D eigenvalue weighted by Crippen LogP contribution is -2.38. The van der Waals surface area contributed by atoms with Crippen LogP contribution in [0, 0.1) is 6.92 Å². The number of fused-ring (bicyclic) bond motifs is 2. The molecule has 2 aromatic carbocycles. The first-order valence-electron chi connectivity index (χ1n) is 9.01. The zero-order chi connectivity index (χ0) is 18.3. The van der Waals surface area contributed by atoms with Crippen molar-refractivity contribution in [2.24, 2.45) is 0 Å². The first kappa shape index (κ1) is 16.9. The molecule has 1 aliphatic carbocycles. The van der Waals surface area contributed by atoms with Crippen LogP contribution in [0.25, 0.3) is 0 Å². The van der Waals surface area contributed by atoms with Gasteiger partial charge >= 0.3 is 0 Å². The minimum absolute atomic E-state index is 0.103. The van der Waals surface area contributed by atoms with Gasteiger partial charge in [-0.2, -0.15) is 5.06 Å². The number of likely N-dealkylation sites (N-methyl/N-ethyl adjacent to an activating group) is 1. The maximum absolute atomic E-state index is 13.3. The Labute approximate surface area is 154 Å². The minimum atomic E-state index is -0.290. The fraction of sp³-hybridized carbons (Fsp3) is 0.381. The molecule has 1 spiro atoms. The Bertz CT molecular complexity index is 843. The van der Waals surface area contributed by atoms with E-state index in [-0.39, 0.29) is 11.4 Å². The summed E-state index contributed by atoms with van der Waals surface area (Å²) in [5.41, 5.74) is 2.38. The molecule has 1 fully saturated rings. The maximum Gasteiger partial charge on any atom is 0.287 e. The number of amides is 1. The second kappa shape index (κ2) is 6.32. The lowest BCUT2D eigenvalue weighted by molar-refractivity contribution is -0.0510. The molecule has 1 saturated carbocycles. The largest absolute Gasteiger partial charge is 0.492 e. The molecule has 5 heteroatoms. The van der Waals surface area contributed by atoms with Crippen molar-refractivity contribution in [2.75, 3.05) is 27.2 Å². The van der Waals surface area contributed by atoms with Crippen molar-refractivity contribution in [3.63, 3.8) is 0 Å². The predicted octanol–water partition coefficient (Wildman–Crippen LogP) is 3.37. The molecule has 26 heavy (non-hydrogen) atoms. The van der Waals surface area contributed by atoms with Gasteiger partial charge in [0.25, 0.3) is 5.91 Å². The van der Waals surface area contributed by atoms with E-state index >= 15 is 0 Å². The van der Waals surface area contributed by atoms with Crippen LogP contribution in [0.4, 0.5) is 0 Å². The van der Waals surface area contributed by atoms with Gasteiger partial charge < -0.3 is 14.5 Å². The van der Waals surface area contributed by atoms with Crippen LogP contribution in [0.3, 0.4) is 0 Å². The van der Waals surface area contributed by atoms with Crippen molar-refractivity contribution >= 4 is 5.91 Å². The molecule has 0 N–H and O–H groups in total. The first-order valence-corrected chi connectivity index (χ1v) is 9.01. The van der Waals surface area contributed by atoms with Crippen LogP contribution in [0.2, 0.25) is 0 Å². The molecule has 2 aliphatic rings. The highest BCUT2D eigenvalue weighted by Crippen LogP contribution is 2.58. The highest BCUT2D eigenvalue weighted by molar-refractivity contribution is 5.96. The number of nitrogens with zero attached hydrogens (tertiary/aromatic N) is 2. The summed E-state index contributed by atoms with van der Waals surface area (Å²) in [6, 6.07) is 13.6. The van der Waals surface area contributed by atoms with E-state index in [1.807, 2.05) is 57.4 Å². The summed E-state index contributed by atoms with van der Waals surface area (Å²) >= 11 is 0. The van der Waals surface area contributed by atoms with Crippen molar-refractivity contribution in [3.05, 3.63) is 59.2 Å². The fourth-order valence-corrected chi connectivity index (χ4v) is 3.43. The third kappa shape index (κ3) is 2.82. The van der Waals surface area contributed by atoms with E-state index in [9.17, 15) is 4.79 Å². The van der Waals surface area contributed by atoms with Crippen molar-refractivity contribution in [2.45, 2.75) is 25.3 Å². The summed E-state index contributed by atoms with van der Waals surface area (Å²) < 4.78 is 5.80. The third-order valence-corrected chi connectivity index (χ3v) is 5.12. The van der Waals surface area contributed by atoms with Gasteiger partial charge in [-0.05, 0) is 57.6 Å². The Morgan fingerprint density at radius 2 is 2.00 bits per heavy atom. The third-order valence-electron chi connectivity index (χ3n) is 5.12. The number of hydroxylamine groups is 2. The Morgan fingerprint density at radius 3 is 2.73 bits per heavy atom. The molecule has 0 atom stereocenters. The Kier molecular flexibility index (Phi) is 4.11. The molecule has 0 unspecified atom stereocenters. The van der Waals surface area contributed by atoms with Gasteiger partial charge in [-0.3, -0.25) is 4.79 Å². The lowest BCUT2D eigenvalue weighted by Gasteiger charge is -2.23. The van der Waals surface area contributed by atoms with Crippen LogP contribution in [-0.4, -0.2) is 43.1 Å². The molecule has 0 aromatic heterocycles. The number of ether oxygens (including phenoxy) is 1. The number of aryl methyl sites for hydroxylation is 1. The number of carbonyl (C=O) groups is 1. The summed E-state index contributed by atoms with van der Waals surface area (Å²) in [5.74, 6) is 1.39. The number of hydrogen-bond acceptors (Lipinski definition) is 4. The van der Waals surface area contributed by atoms with Crippen LogP contribution >= 0.6 is 0 Å². The van der Waals surface area contributed by atoms with E-state index in [4.69, 9.17) is 9.57 Å². The van der Waals surface area contributed by atoms with Crippen LogP contribution in [0.15, 0.2) is 42.5 Å². The molecule has 136 valence electrons. The van der Waals surface area contributed by atoms with Crippen molar-refractivity contribution in [1.29, 1.82) is 0 Å². The SMILES string of the molecule is Cc1ccc(OCCN(C)C)cc1C(=O)N1Oc2ccccc2C12CC2. The van der Waals surface area contributed by atoms with E-state index < -0.39 is 0 Å². The zero-order valence-corrected chi connectivity index (χ0v) is 15.5. The number of hydrogen-bond donors (Lipinski definition) is 0.